The maximum atomic E-state index is 13.8. The number of carbonyl (C=O) groups is 2. The monoisotopic (exact) mass is 400 g/mol. The summed E-state index contributed by atoms with van der Waals surface area (Å²) in [4.78, 5) is 26.7. The van der Waals surface area contributed by atoms with E-state index in [0.29, 0.717) is 36.7 Å². The molecular formula is C22H25FN2O4. The Bertz CT molecular complexity index is 879. The molecule has 0 atom stereocenters. The summed E-state index contributed by atoms with van der Waals surface area (Å²) in [5.41, 5.74) is 0.517. The number of piperidine rings is 1. The lowest BCUT2D eigenvalue weighted by atomic mass is 9.96. The van der Waals surface area contributed by atoms with E-state index in [0.717, 1.165) is 12.8 Å². The van der Waals surface area contributed by atoms with Gasteiger partial charge in [-0.2, -0.15) is 0 Å². The second-order valence-corrected chi connectivity index (χ2v) is 6.97. The predicted molar refractivity (Wildman–Crippen MR) is 107 cm³/mol. The average Bonchev–Trinajstić information content (AvgIpc) is 2.77. The van der Waals surface area contributed by atoms with E-state index >= 15 is 0 Å². The minimum atomic E-state index is -0.501. The van der Waals surface area contributed by atoms with Gasteiger partial charge in [-0.1, -0.05) is 18.2 Å². The largest absolute Gasteiger partial charge is 0.493 e. The van der Waals surface area contributed by atoms with E-state index < -0.39 is 5.82 Å². The number of likely N-dealkylation sites (tertiary alicyclic amines) is 1. The van der Waals surface area contributed by atoms with Gasteiger partial charge in [0.05, 0.1) is 25.3 Å². The number of hydrogen-bond acceptors (Lipinski definition) is 4. The van der Waals surface area contributed by atoms with Gasteiger partial charge in [0.25, 0.3) is 11.8 Å². The van der Waals surface area contributed by atoms with Crippen molar-refractivity contribution in [2.24, 2.45) is 5.92 Å². The molecule has 6 nitrogen and oxygen atoms in total. The second kappa shape index (κ2) is 9.41. The topological polar surface area (TPSA) is 67.9 Å². The number of halogens is 1. The van der Waals surface area contributed by atoms with Crippen molar-refractivity contribution < 1.29 is 23.5 Å². The fourth-order valence-electron chi connectivity index (χ4n) is 3.54. The molecule has 29 heavy (non-hydrogen) atoms. The van der Waals surface area contributed by atoms with Crippen molar-refractivity contribution >= 4 is 11.8 Å². The van der Waals surface area contributed by atoms with Gasteiger partial charge in [0, 0.05) is 19.6 Å². The van der Waals surface area contributed by atoms with Crippen LogP contribution in [0.25, 0.3) is 0 Å². The maximum absolute atomic E-state index is 13.8. The number of nitrogens with one attached hydrogen (secondary N) is 1. The van der Waals surface area contributed by atoms with Gasteiger partial charge in [-0.15, -0.1) is 0 Å². The Labute approximate surface area is 169 Å². The second-order valence-electron chi connectivity index (χ2n) is 6.97. The van der Waals surface area contributed by atoms with Gasteiger partial charge in [0.1, 0.15) is 5.82 Å². The van der Waals surface area contributed by atoms with Gasteiger partial charge in [0.2, 0.25) is 0 Å². The van der Waals surface area contributed by atoms with E-state index in [2.05, 4.69) is 5.32 Å². The zero-order chi connectivity index (χ0) is 20.8. The number of ether oxygens (including phenoxy) is 2. The highest BCUT2D eigenvalue weighted by Gasteiger charge is 2.26. The summed E-state index contributed by atoms with van der Waals surface area (Å²) in [6.45, 7) is 1.58. The lowest BCUT2D eigenvalue weighted by Gasteiger charge is -2.32. The van der Waals surface area contributed by atoms with Crippen molar-refractivity contribution in [1.29, 1.82) is 0 Å². The summed E-state index contributed by atoms with van der Waals surface area (Å²) in [5.74, 6) is 0.134. The molecule has 1 fully saturated rings. The number of methoxy groups -OCH3 is 2. The first-order chi connectivity index (χ1) is 14.0. The zero-order valence-corrected chi connectivity index (χ0v) is 16.6. The van der Waals surface area contributed by atoms with Gasteiger partial charge in [-0.25, -0.2) is 4.39 Å². The number of carbonyl (C=O) groups excluding carboxylic acids is 2. The molecule has 0 radical (unpaired) electrons. The molecule has 2 aromatic carbocycles. The molecule has 0 aromatic heterocycles. The first-order valence-electron chi connectivity index (χ1n) is 9.58. The molecule has 2 amide bonds. The molecule has 0 bridgehead atoms. The maximum Gasteiger partial charge on any atom is 0.256 e. The van der Waals surface area contributed by atoms with Crippen LogP contribution >= 0.6 is 0 Å². The van der Waals surface area contributed by atoms with Crippen molar-refractivity contribution in [3.8, 4) is 11.5 Å². The van der Waals surface area contributed by atoms with Crippen molar-refractivity contribution in [3.63, 3.8) is 0 Å². The Balaban J connectivity index is 1.53. The van der Waals surface area contributed by atoms with Crippen LogP contribution in [-0.4, -0.2) is 50.6 Å². The fourth-order valence-corrected chi connectivity index (χ4v) is 3.54. The highest BCUT2D eigenvalue weighted by molar-refractivity contribution is 5.97. The summed E-state index contributed by atoms with van der Waals surface area (Å²) >= 11 is 0. The summed E-state index contributed by atoms with van der Waals surface area (Å²) in [7, 11) is 3.02. The van der Waals surface area contributed by atoms with Gasteiger partial charge in [0.15, 0.2) is 11.5 Å². The van der Waals surface area contributed by atoms with Crippen molar-refractivity contribution in [2.75, 3.05) is 33.9 Å². The Hall–Kier alpha value is -3.09. The molecule has 2 aromatic rings. The summed E-state index contributed by atoms with van der Waals surface area (Å²) in [6.07, 6.45) is 1.49. The zero-order valence-electron chi connectivity index (χ0n) is 16.6. The van der Waals surface area contributed by atoms with E-state index in [9.17, 15) is 14.0 Å². The first kappa shape index (κ1) is 20.6. The van der Waals surface area contributed by atoms with E-state index in [1.54, 1.807) is 35.2 Å². The SMILES string of the molecule is COc1cccc(C(=O)NCC2CCN(C(=O)c3ccccc3F)CC2)c1OC. The average molecular weight is 400 g/mol. The van der Waals surface area contributed by atoms with E-state index in [4.69, 9.17) is 9.47 Å². The van der Waals surface area contributed by atoms with Crippen LogP contribution in [0.4, 0.5) is 4.39 Å². The van der Waals surface area contributed by atoms with Crippen LogP contribution in [0.1, 0.15) is 33.6 Å². The summed E-state index contributed by atoms with van der Waals surface area (Å²) in [5, 5.41) is 2.94. The summed E-state index contributed by atoms with van der Waals surface area (Å²) in [6, 6.07) is 11.2. The smallest absolute Gasteiger partial charge is 0.256 e. The highest BCUT2D eigenvalue weighted by atomic mass is 19.1. The Kier molecular flexibility index (Phi) is 6.69. The number of rotatable bonds is 6. The molecule has 7 heteroatoms. The van der Waals surface area contributed by atoms with Gasteiger partial charge < -0.3 is 19.7 Å². The molecule has 1 saturated heterocycles. The molecule has 0 spiro atoms. The minimum absolute atomic E-state index is 0.101. The predicted octanol–water partition coefficient (Wildman–Crippen LogP) is 3.13. The fraction of sp³-hybridized carbons (Fsp3) is 0.364. The van der Waals surface area contributed by atoms with Crippen LogP contribution in [0.2, 0.25) is 0 Å². The molecule has 1 aliphatic rings. The molecular weight excluding hydrogens is 375 g/mol. The van der Waals surface area contributed by atoms with E-state index in [1.807, 2.05) is 0 Å². The standard InChI is InChI=1S/C22H25FN2O4/c1-28-19-9-5-7-17(20(19)29-2)21(26)24-14-15-10-12-25(13-11-15)22(27)16-6-3-4-8-18(16)23/h3-9,15H,10-14H2,1-2H3,(H,24,26). The number of benzene rings is 2. The molecule has 0 aliphatic carbocycles. The Morgan fingerprint density at radius 2 is 1.72 bits per heavy atom. The van der Waals surface area contributed by atoms with E-state index in [1.165, 1.54) is 26.4 Å². The van der Waals surface area contributed by atoms with Crippen LogP contribution in [0, 0.1) is 11.7 Å². The normalized spacial score (nSPS) is 14.4. The number of nitrogens with zero attached hydrogens (tertiary/aromatic N) is 1. The Morgan fingerprint density at radius 3 is 2.38 bits per heavy atom. The van der Waals surface area contributed by atoms with Crippen LogP contribution in [-0.2, 0) is 0 Å². The van der Waals surface area contributed by atoms with Gasteiger partial charge >= 0.3 is 0 Å². The van der Waals surface area contributed by atoms with Crippen molar-refractivity contribution in [3.05, 3.63) is 59.4 Å². The third kappa shape index (κ3) is 4.67. The lowest BCUT2D eigenvalue weighted by Crippen LogP contribution is -2.41. The molecule has 1 heterocycles. The van der Waals surface area contributed by atoms with Gasteiger partial charge in [-0.3, -0.25) is 9.59 Å². The number of hydrogen-bond donors (Lipinski definition) is 1. The lowest BCUT2D eigenvalue weighted by molar-refractivity contribution is 0.0679. The van der Waals surface area contributed by atoms with Crippen LogP contribution < -0.4 is 14.8 Å². The number of amides is 2. The van der Waals surface area contributed by atoms with Crippen LogP contribution in [0.3, 0.4) is 0 Å². The van der Waals surface area contributed by atoms with Crippen LogP contribution in [0.5, 0.6) is 11.5 Å². The quantitative estimate of drug-likeness (QED) is 0.809. The first-order valence-corrected chi connectivity index (χ1v) is 9.58. The minimum Gasteiger partial charge on any atom is -0.493 e. The molecule has 0 saturated carbocycles. The van der Waals surface area contributed by atoms with Gasteiger partial charge in [-0.05, 0) is 43.0 Å². The van der Waals surface area contributed by atoms with Crippen LogP contribution in [0.15, 0.2) is 42.5 Å². The molecule has 1 aliphatic heterocycles. The third-order valence-electron chi connectivity index (χ3n) is 5.20. The highest BCUT2D eigenvalue weighted by Crippen LogP contribution is 2.30. The molecule has 0 unspecified atom stereocenters. The van der Waals surface area contributed by atoms with Crippen molar-refractivity contribution in [2.45, 2.75) is 12.8 Å². The molecule has 1 N–H and O–H groups in total. The summed E-state index contributed by atoms with van der Waals surface area (Å²) < 4.78 is 24.4. The number of para-hydroxylation sites is 1. The van der Waals surface area contributed by atoms with Crippen molar-refractivity contribution in [1.82, 2.24) is 10.2 Å². The Morgan fingerprint density at radius 1 is 1.03 bits per heavy atom. The van der Waals surface area contributed by atoms with E-state index in [-0.39, 0.29) is 23.3 Å². The molecule has 154 valence electrons. The molecule has 3 rings (SSSR count). The third-order valence-corrected chi connectivity index (χ3v) is 5.20.